The second kappa shape index (κ2) is 8.52. The molecule has 4 N–H and O–H groups in total. The van der Waals surface area contributed by atoms with Gasteiger partial charge in [0.05, 0.1) is 6.73 Å². The van der Waals surface area contributed by atoms with Gasteiger partial charge in [0, 0.05) is 13.2 Å². The zero-order valence-corrected chi connectivity index (χ0v) is 15.3. The third kappa shape index (κ3) is 4.97. The van der Waals surface area contributed by atoms with E-state index in [2.05, 4.69) is 12.1 Å². The van der Waals surface area contributed by atoms with E-state index >= 15 is 0 Å². The highest BCUT2D eigenvalue weighted by molar-refractivity contribution is 6.60. The molecule has 2 unspecified atom stereocenters. The summed E-state index contributed by atoms with van der Waals surface area (Å²) in [5.41, 5.74) is 13.1. The zero-order valence-electron chi connectivity index (χ0n) is 14.3. The number of benzene rings is 2. The summed E-state index contributed by atoms with van der Waals surface area (Å²) < 4.78 is 17.7. The Morgan fingerprint density at radius 3 is 2.12 bits per heavy atom. The van der Waals surface area contributed by atoms with Gasteiger partial charge in [0.25, 0.3) is 0 Å². The van der Waals surface area contributed by atoms with Crippen molar-refractivity contribution in [3.63, 3.8) is 0 Å². The van der Waals surface area contributed by atoms with Gasteiger partial charge in [-0.3, -0.25) is 0 Å². The van der Waals surface area contributed by atoms with E-state index in [1.165, 1.54) is 5.56 Å². The van der Waals surface area contributed by atoms with Gasteiger partial charge >= 0.3 is 8.80 Å². The van der Waals surface area contributed by atoms with Crippen molar-refractivity contribution in [1.29, 1.82) is 0 Å². The molecule has 6 heteroatoms. The van der Waals surface area contributed by atoms with Gasteiger partial charge in [-0.25, -0.2) is 0 Å². The number of rotatable bonds is 9. The minimum Gasteiger partial charge on any atom is -0.377 e. The zero-order chi connectivity index (χ0) is 17.5. The molecule has 0 saturated heterocycles. The Balaban J connectivity index is 2.17. The van der Waals surface area contributed by atoms with Crippen LogP contribution in [0.4, 0.5) is 0 Å². The summed E-state index contributed by atoms with van der Waals surface area (Å²) >= 11 is 0. The Hall–Kier alpha value is -1.54. The highest BCUT2D eigenvalue weighted by Gasteiger charge is 2.45. The Labute approximate surface area is 144 Å². The Bertz CT molecular complexity index is 610. The van der Waals surface area contributed by atoms with Crippen LogP contribution in [0, 0.1) is 0 Å². The van der Waals surface area contributed by atoms with E-state index in [0.717, 1.165) is 12.0 Å². The molecule has 5 nitrogen and oxygen atoms in total. The van der Waals surface area contributed by atoms with Crippen LogP contribution >= 0.6 is 0 Å². The van der Waals surface area contributed by atoms with Crippen molar-refractivity contribution in [2.24, 2.45) is 11.5 Å². The van der Waals surface area contributed by atoms with Crippen molar-refractivity contribution >= 4 is 8.80 Å². The molecule has 0 fully saturated rings. The van der Waals surface area contributed by atoms with E-state index < -0.39 is 14.5 Å². The molecule has 2 rings (SSSR count). The lowest BCUT2D eigenvalue weighted by Crippen LogP contribution is -2.54. The van der Waals surface area contributed by atoms with E-state index in [4.69, 9.17) is 24.7 Å². The van der Waals surface area contributed by atoms with Gasteiger partial charge in [0.2, 0.25) is 0 Å². The summed E-state index contributed by atoms with van der Waals surface area (Å²) in [6.07, 6.45) is 0.770. The highest BCUT2D eigenvalue weighted by atomic mass is 28.4. The molecule has 130 valence electrons. The summed E-state index contributed by atoms with van der Waals surface area (Å²) in [6.45, 7) is 1.84. The first-order chi connectivity index (χ1) is 11.5. The smallest absolute Gasteiger partial charge is 0.377 e. The molecule has 0 radical (unpaired) electrons. The third-order valence-electron chi connectivity index (χ3n) is 3.89. The average molecular weight is 347 g/mol. The summed E-state index contributed by atoms with van der Waals surface area (Å²) in [5, 5.41) is 0. The summed E-state index contributed by atoms with van der Waals surface area (Å²) in [6, 6.07) is 20.4. The molecule has 0 aliphatic carbocycles. The van der Waals surface area contributed by atoms with E-state index in [1.807, 2.05) is 55.5 Å². The summed E-state index contributed by atoms with van der Waals surface area (Å²) in [5.74, 6) is 0. The van der Waals surface area contributed by atoms with Gasteiger partial charge in [-0.1, -0.05) is 60.7 Å². The van der Waals surface area contributed by atoms with Crippen LogP contribution in [0.5, 0.6) is 0 Å². The van der Waals surface area contributed by atoms with Crippen LogP contribution in [-0.4, -0.2) is 22.6 Å². The van der Waals surface area contributed by atoms with Crippen LogP contribution < -0.4 is 11.5 Å². The lowest BCUT2D eigenvalue weighted by atomic mass is 10.1. The van der Waals surface area contributed by atoms with E-state index in [1.54, 1.807) is 7.11 Å². The maximum Gasteiger partial charge on any atom is 0.503 e. The van der Waals surface area contributed by atoms with Gasteiger partial charge in [0.1, 0.15) is 5.72 Å². The molecular weight excluding hydrogens is 320 g/mol. The van der Waals surface area contributed by atoms with Gasteiger partial charge in [-0.05, 0) is 24.5 Å². The molecule has 0 aliphatic rings. The minimum atomic E-state index is -3.02. The second-order valence-corrected chi connectivity index (χ2v) is 8.53. The minimum absolute atomic E-state index is 0.0275. The number of hydrogen-bond donors (Lipinski definition) is 2. The molecule has 0 aliphatic heterocycles. The van der Waals surface area contributed by atoms with Crippen LogP contribution in [0.15, 0.2) is 60.7 Å². The van der Waals surface area contributed by atoms with E-state index in [9.17, 15) is 0 Å². The van der Waals surface area contributed by atoms with Gasteiger partial charge in [0.15, 0.2) is 0 Å². The van der Waals surface area contributed by atoms with Crippen molar-refractivity contribution in [3.05, 3.63) is 71.8 Å². The normalized spacial score (nSPS) is 16.3. The van der Waals surface area contributed by atoms with Crippen molar-refractivity contribution in [1.82, 2.24) is 0 Å². The van der Waals surface area contributed by atoms with Crippen molar-refractivity contribution in [2.75, 3.05) is 13.8 Å². The lowest BCUT2D eigenvalue weighted by Gasteiger charge is -2.36. The Morgan fingerprint density at radius 1 is 1.00 bits per heavy atom. The van der Waals surface area contributed by atoms with Gasteiger partial charge in [-0.2, -0.15) is 0 Å². The highest BCUT2D eigenvalue weighted by Crippen LogP contribution is 2.28. The van der Waals surface area contributed by atoms with Gasteiger partial charge < -0.3 is 24.7 Å². The molecular formula is C18H26N2O3Si. The van der Waals surface area contributed by atoms with Crippen LogP contribution in [0.1, 0.15) is 18.1 Å². The molecule has 24 heavy (non-hydrogen) atoms. The number of hydrogen-bond acceptors (Lipinski definition) is 5. The molecule has 0 aromatic heterocycles. The topological polar surface area (TPSA) is 79.7 Å². The molecule has 0 bridgehead atoms. The SMILES string of the molecule is CO[Si](CCc1ccccc1)(OCN)OC(C)(N)c1ccccc1. The van der Waals surface area contributed by atoms with Crippen molar-refractivity contribution < 1.29 is 13.3 Å². The molecule has 0 spiro atoms. The largest absolute Gasteiger partial charge is 0.503 e. The van der Waals surface area contributed by atoms with Crippen molar-refractivity contribution in [3.8, 4) is 0 Å². The predicted molar refractivity (Wildman–Crippen MR) is 96.9 cm³/mol. The number of nitrogens with two attached hydrogens (primary N) is 2. The summed E-state index contributed by atoms with van der Waals surface area (Å²) in [7, 11) is -1.43. The molecule has 0 heterocycles. The van der Waals surface area contributed by atoms with Crippen LogP contribution in [-0.2, 0) is 25.4 Å². The Kier molecular flexibility index (Phi) is 6.67. The first-order valence-electron chi connectivity index (χ1n) is 7.99. The van der Waals surface area contributed by atoms with Crippen LogP contribution in [0.3, 0.4) is 0 Å². The summed E-state index contributed by atoms with van der Waals surface area (Å²) in [4.78, 5) is 0. The maximum atomic E-state index is 6.41. The Morgan fingerprint density at radius 2 is 1.58 bits per heavy atom. The van der Waals surface area contributed by atoms with E-state index in [0.29, 0.717) is 6.04 Å². The first-order valence-corrected chi connectivity index (χ1v) is 9.92. The van der Waals surface area contributed by atoms with Crippen molar-refractivity contribution in [2.45, 2.75) is 25.1 Å². The fraction of sp³-hybridized carbons (Fsp3) is 0.333. The average Bonchev–Trinajstić information content (AvgIpc) is 2.61. The standard InChI is InChI=1S/C18H26N2O3Si/c1-18(20,17-11-7-4-8-12-17)23-24(21-2,22-15-19)14-13-16-9-5-3-6-10-16/h3-12H,13-15,19-20H2,1-2H3. The fourth-order valence-corrected chi connectivity index (χ4v) is 4.90. The maximum absolute atomic E-state index is 6.41. The first kappa shape index (κ1) is 18.8. The lowest BCUT2D eigenvalue weighted by molar-refractivity contribution is -0.0138. The molecule has 2 aromatic rings. The molecule has 0 saturated carbocycles. The third-order valence-corrected chi connectivity index (χ3v) is 6.72. The van der Waals surface area contributed by atoms with E-state index in [-0.39, 0.29) is 6.73 Å². The monoisotopic (exact) mass is 346 g/mol. The molecule has 0 amide bonds. The second-order valence-electron chi connectivity index (χ2n) is 5.76. The predicted octanol–water partition coefficient (Wildman–Crippen LogP) is 2.60. The molecule has 2 aromatic carbocycles. The fourth-order valence-electron chi connectivity index (χ4n) is 2.58. The van der Waals surface area contributed by atoms with Gasteiger partial charge in [-0.15, -0.1) is 0 Å². The van der Waals surface area contributed by atoms with Crippen LogP contribution in [0.2, 0.25) is 6.04 Å². The quantitative estimate of drug-likeness (QED) is 0.539. The molecule has 2 atom stereocenters. The van der Waals surface area contributed by atoms with Crippen LogP contribution in [0.25, 0.3) is 0 Å². The number of aryl methyl sites for hydroxylation is 1.